The zero-order valence-electron chi connectivity index (χ0n) is 15.9. The van der Waals surface area contributed by atoms with E-state index >= 15 is 0 Å². The lowest BCUT2D eigenvalue weighted by Gasteiger charge is -2.11. The Morgan fingerprint density at radius 3 is 2.60 bits per heavy atom. The smallest absolute Gasteiger partial charge is 0.276 e. The van der Waals surface area contributed by atoms with Crippen molar-refractivity contribution in [2.24, 2.45) is 0 Å². The lowest BCUT2D eigenvalue weighted by Crippen LogP contribution is -2.43. The Bertz CT molecular complexity index is 1120. The summed E-state index contributed by atoms with van der Waals surface area (Å²) in [7, 11) is 1.56. The Balaban J connectivity index is 1.52. The molecule has 3 rings (SSSR count). The molecule has 0 aliphatic rings. The van der Waals surface area contributed by atoms with Gasteiger partial charge in [-0.25, -0.2) is 0 Å². The lowest BCUT2D eigenvalue weighted by atomic mass is 10.1. The molecule has 0 spiro atoms. The van der Waals surface area contributed by atoms with Crippen molar-refractivity contribution in [1.29, 1.82) is 0 Å². The van der Waals surface area contributed by atoms with Gasteiger partial charge in [-0.1, -0.05) is 46.3 Å². The number of benzene rings is 3. The van der Waals surface area contributed by atoms with Gasteiger partial charge in [-0.3, -0.25) is 20.4 Å². The van der Waals surface area contributed by atoms with E-state index in [-0.39, 0.29) is 6.61 Å². The molecule has 3 aromatic rings. The van der Waals surface area contributed by atoms with Gasteiger partial charge in [0.2, 0.25) is 0 Å². The second kappa shape index (κ2) is 10.3. The SMILES string of the molecule is COc1ccccc1/C=C/C(=O)NNC(=O)COc1ccc2cc(Br)ccc2c1Br. The molecule has 0 bridgehead atoms. The molecule has 0 aliphatic carbocycles. The molecule has 0 saturated carbocycles. The van der Waals surface area contributed by atoms with Crippen LogP contribution in [-0.4, -0.2) is 25.5 Å². The fourth-order valence-electron chi connectivity index (χ4n) is 2.68. The van der Waals surface area contributed by atoms with Crippen LogP contribution < -0.4 is 20.3 Å². The Morgan fingerprint density at radius 2 is 1.80 bits per heavy atom. The number of hydrogen-bond acceptors (Lipinski definition) is 4. The Hall–Kier alpha value is -2.84. The van der Waals surface area contributed by atoms with Gasteiger partial charge in [-0.2, -0.15) is 0 Å². The van der Waals surface area contributed by atoms with Gasteiger partial charge in [0.15, 0.2) is 6.61 Å². The van der Waals surface area contributed by atoms with Crippen molar-refractivity contribution in [1.82, 2.24) is 10.9 Å². The zero-order chi connectivity index (χ0) is 21.5. The standard InChI is InChI=1S/C22H18Br2N2O4/c1-29-18-5-3-2-4-14(18)7-11-20(27)25-26-21(28)13-30-19-10-6-15-12-16(23)8-9-17(15)22(19)24/h2-12H,13H2,1H3,(H,25,27)(H,26,28)/b11-7+. The van der Waals surface area contributed by atoms with Crippen LogP contribution >= 0.6 is 31.9 Å². The first-order chi connectivity index (χ1) is 14.5. The quantitative estimate of drug-likeness (QED) is 0.358. The van der Waals surface area contributed by atoms with Gasteiger partial charge in [0.25, 0.3) is 11.8 Å². The van der Waals surface area contributed by atoms with E-state index in [1.807, 2.05) is 42.5 Å². The van der Waals surface area contributed by atoms with E-state index in [0.29, 0.717) is 11.5 Å². The third-order valence-electron chi connectivity index (χ3n) is 4.12. The molecule has 6 nitrogen and oxygen atoms in total. The first kappa shape index (κ1) is 21.9. The summed E-state index contributed by atoms with van der Waals surface area (Å²) in [4.78, 5) is 23.9. The molecule has 0 fully saturated rings. The van der Waals surface area contributed by atoms with E-state index in [4.69, 9.17) is 9.47 Å². The first-order valence-corrected chi connectivity index (χ1v) is 10.5. The number of carbonyl (C=O) groups is 2. The second-order valence-corrected chi connectivity index (χ2v) is 7.85. The summed E-state index contributed by atoms with van der Waals surface area (Å²) in [6.45, 7) is -0.253. The number of hydrazine groups is 1. The highest BCUT2D eigenvalue weighted by atomic mass is 79.9. The Morgan fingerprint density at radius 1 is 1.00 bits per heavy atom. The molecule has 0 heterocycles. The highest BCUT2D eigenvalue weighted by Gasteiger charge is 2.09. The number of fused-ring (bicyclic) bond motifs is 1. The van der Waals surface area contributed by atoms with E-state index in [1.165, 1.54) is 6.08 Å². The molecule has 2 N–H and O–H groups in total. The predicted molar refractivity (Wildman–Crippen MR) is 123 cm³/mol. The second-order valence-electron chi connectivity index (χ2n) is 6.14. The van der Waals surface area contributed by atoms with Crippen molar-refractivity contribution in [3.8, 4) is 11.5 Å². The molecule has 0 saturated heterocycles. The molecular formula is C22H18Br2N2O4. The van der Waals surface area contributed by atoms with Crippen LogP contribution in [-0.2, 0) is 9.59 Å². The van der Waals surface area contributed by atoms with Crippen LogP contribution in [0.25, 0.3) is 16.8 Å². The van der Waals surface area contributed by atoms with Crippen molar-refractivity contribution in [3.63, 3.8) is 0 Å². The summed E-state index contributed by atoms with van der Waals surface area (Å²) in [6.07, 6.45) is 2.90. The topological polar surface area (TPSA) is 76.7 Å². The van der Waals surface area contributed by atoms with Gasteiger partial charge in [-0.15, -0.1) is 0 Å². The number of nitrogens with one attached hydrogen (secondary N) is 2. The average molecular weight is 534 g/mol. The number of para-hydroxylation sites is 1. The highest BCUT2D eigenvalue weighted by molar-refractivity contribution is 9.11. The molecule has 0 unspecified atom stereocenters. The first-order valence-electron chi connectivity index (χ1n) is 8.88. The molecule has 0 radical (unpaired) electrons. The average Bonchev–Trinajstić information content (AvgIpc) is 2.75. The van der Waals surface area contributed by atoms with Gasteiger partial charge in [0.05, 0.1) is 11.6 Å². The molecule has 3 aromatic carbocycles. The van der Waals surface area contributed by atoms with Crippen molar-refractivity contribution in [2.75, 3.05) is 13.7 Å². The summed E-state index contributed by atoms with van der Waals surface area (Å²) in [5.74, 6) is 0.207. The summed E-state index contributed by atoms with van der Waals surface area (Å²) in [6, 6.07) is 16.8. The summed E-state index contributed by atoms with van der Waals surface area (Å²) < 4.78 is 12.5. The maximum absolute atomic E-state index is 12.0. The van der Waals surface area contributed by atoms with Gasteiger partial charge in [-0.05, 0) is 57.0 Å². The normalized spacial score (nSPS) is 10.8. The minimum atomic E-state index is -0.489. The highest BCUT2D eigenvalue weighted by Crippen LogP contribution is 2.34. The van der Waals surface area contributed by atoms with E-state index < -0.39 is 11.8 Å². The fourth-order valence-corrected chi connectivity index (χ4v) is 3.66. The fraction of sp³-hybridized carbons (Fsp3) is 0.0909. The van der Waals surface area contributed by atoms with E-state index in [1.54, 1.807) is 25.3 Å². The molecule has 30 heavy (non-hydrogen) atoms. The minimum absolute atomic E-state index is 0.253. The summed E-state index contributed by atoms with van der Waals surface area (Å²) in [5.41, 5.74) is 5.38. The summed E-state index contributed by atoms with van der Waals surface area (Å²) >= 11 is 6.95. The summed E-state index contributed by atoms with van der Waals surface area (Å²) in [5, 5.41) is 1.99. The van der Waals surface area contributed by atoms with Crippen LogP contribution in [0.3, 0.4) is 0 Å². The van der Waals surface area contributed by atoms with E-state index in [9.17, 15) is 9.59 Å². The van der Waals surface area contributed by atoms with Crippen LogP contribution in [0.2, 0.25) is 0 Å². The number of amides is 2. The molecule has 0 atom stereocenters. The van der Waals surface area contributed by atoms with Crippen molar-refractivity contribution < 1.29 is 19.1 Å². The molecule has 2 amide bonds. The number of hydrogen-bond donors (Lipinski definition) is 2. The van der Waals surface area contributed by atoms with Gasteiger partial charge >= 0.3 is 0 Å². The van der Waals surface area contributed by atoms with E-state index in [0.717, 1.165) is 25.3 Å². The van der Waals surface area contributed by atoms with Crippen LogP contribution in [0, 0.1) is 0 Å². The van der Waals surface area contributed by atoms with Crippen LogP contribution in [0.1, 0.15) is 5.56 Å². The van der Waals surface area contributed by atoms with Crippen molar-refractivity contribution >= 4 is 60.5 Å². The van der Waals surface area contributed by atoms with Gasteiger partial charge in [0, 0.05) is 16.1 Å². The Labute approximate surface area is 190 Å². The lowest BCUT2D eigenvalue weighted by molar-refractivity contribution is -0.128. The number of rotatable bonds is 6. The van der Waals surface area contributed by atoms with Crippen LogP contribution in [0.15, 0.2) is 69.6 Å². The van der Waals surface area contributed by atoms with Crippen LogP contribution in [0.4, 0.5) is 0 Å². The van der Waals surface area contributed by atoms with Gasteiger partial charge < -0.3 is 9.47 Å². The third kappa shape index (κ3) is 5.61. The predicted octanol–water partition coefficient (Wildman–Crippen LogP) is 4.61. The molecule has 0 aromatic heterocycles. The monoisotopic (exact) mass is 532 g/mol. The third-order valence-corrected chi connectivity index (χ3v) is 5.43. The maximum Gasteiger partial charge on any atom is 0.276 e. The largest absolute Gasteiger partial charge is 0.496 e. The molecule has 0 aliphatic heterocycles. The van der Waals surface area contributed by atoms with Crippen molar-refractivity contribution in [3.05, 3.63) is 75.2 Å². The number of carbonyl (C=O) groups excluding carboxylic acids is 2. The molecular weight excluding hydrogens is 516 g/mol. The van der Waals surface area contributed by atoms with E-state index in [2.05, 4.69) is 42.7 Å². The van der Waals surface area contributed by atoms with Gasteiger partial charge in [0.1, 0.15) is 11.5 Å². The number of ether oxygens (including phenoxy) is 2. The Kier molecular flexibility index (Phi) is 7.48. The minimum Gasteiger partial charge on any atom is -0.496 e. The molecule has 154 valence electrons. The maximum atomic E-state index is 12.0. The number of halogens is 2. The van der Waals surface area contributed by atoms with Crippen LogP contribution in [0.5, 0.6) is 11.5 Å². The number of methoxy groups -OCH3 is 1. The zero-order valence-corrected chi connectivity index (χ0v) is 19.1. The van der Waals surface area contributed by atoms with Crippen molar-refractivity contribution in [2.45, 2.75) is 0 Å². The molecule has 8 heteroatoms.